The lowest BCUT2D eigenvalue weighted by Gasteiger charge is -2.40. The highest BCUT2D eigenvalue weighted by molar-refractivity contribution is 5.19. The van der Waals surface area contributed by atoms with Gasteiger partial charge in [-0.15, -0.1) is 0 Å². The van der Waals surface area contributed by atoms with E-state index in [1.807, 2.05) is 0 Å². The third-order valence-electron chi connectivity index (χ3n) is 8.98. The molecule has 0 saturated heterocycles. The maximum Gasteiger partial charge on any atom is -0.0230 e. The number of fused-ring (bicyclic) bond motifs is 4. The highest BCUT2D eigenvalue weighted by Crippen LogP contribution is 2.79. The summed E-state index contributed by atoms with van der Waals surface area (Å²) in [5.74, 6) is 6.62. The maximum absolute atomic E-state index is 2.68. The molecule has 5 fully saturated rings. The van der Waals surface area contributed by atoms with E-state index >= 15 is 0 Å². The minimum atomic E-state index is 0.827. The number of hydrogen-bond acceptors (Lipinski definition) is 0. The molecule has 106 valence electrons. The Balaban J connectivity index is 1.58. The van der Waals surface area contributed by atoms with Crippen LogP contribution in [0.5, 0.6) is 0 Å². The monoisotopic (exact) mass is 258 g/mol. The normalized spacial score (nSPS) is 60.9. The molecule has 0 N–H and O–H groups in total. The summed E-state index contributed by atoms with van der Waals surface area (Å²) in [4.78, 5) is 0. The second-order valence-electron chi connectivity index (χ2n) is 9.30. The standard InChI is InChI=1S/C19H30/c1-12-4-3-5-15-16-7-6-14-10-19(16,13(2)17(12)15)11-18(14)8-9-18/h12-17H,3-11H2,1-2H3. The van der Waals surface area contributed by atoms with Gasteiger partial charge in [0.05, 0.1) is 0 Å². The van der Waals surface area contributed by atoms with E-state index in [0.717, 1.165) is 46.3 Å². The summed E-state index contributed by atoms with van der Waals surface area (Å²) in [7, 11) is 0. The molecule has 5 rings (SSSR count). The molecular weight excluding hydrogens is 228 g/mol. The van der Waals surface area contributed by atoms with E-state index in [-0.39, 0.29) is 0 Å². The van der Waals surface area contributed by atoms with Crippen molar-refractivity contribution in [1.82, 2.24) is 0 Å². The third-order valence-corrected chi connectivity index (χ3v) is 8.98. The van der Waals surface area contributed by atoms with Crippen LogP contribution in [0.15, 0.2) is 0 Å². The molecule has 7 unspecified atom stereocenters. The SMILES string of the molecule is CC1CCCC2C1C(C)C13CC(CCC21)C1(CC1)C3. The van der Waals surface area contributed by atoms with Gasteiger partial charge in [0.25, 0.3) is 0 Å². The number of rotatable bonds is 0. The van der Waals surface area contributed by atoms with Gasteiger partial charge in [0.2, 0.25) is 0 Å². The molecule has 0 aromatic rings. The van der Waals surface area contributed by atoms with Crippen molar-refractivity contribution in [1.29, 1.82) is 0 Å². The molecule has 5 aliphatic rings. The molecule has 0 radical (unpaired) electrons. The third kappa shape index (κ3) is 1.24. The molecular formula is C19H30. The Morgan fingerprint density at radius 3 is 2.58 bits per heavy atom. The maximum atomic E-state index is 2.68. The van der Waals surface area contributed by atoms with Gasteiger partial charge in [-0.25, -0.2) is 0 Å². The van der Waals surface area contributed by atoms with Gasteiger partial charge in [-0.05, 0) is 91.3 Å². The molecule has 0 heteroatoms. The largest absolute Gasteiger partial charge is 0.0622 e. The Bertz CT molecular complexity index is 406. The lowest BCUT2D eigenvalue weighted by atomic mass is 9.64. The molecule has 0 aromatic heterocycles. The van der Waals surface area contributed by atoms with Crippen LogP contribution >= 0.6 is 0 Å². The summed E-state index contributed by atoms with van der Waals surface area (Å²) in [6, 6.07) is 0. The summed E-state index contributed by atoms with van der Waals surface area (Å²) in [6.45, 7) is 5.27. The van der Waals surface area contributed by atoms with E-state index in [1.54, 1.807) is 44.9 Å². The zero-order chi connectivity index (χ0) is 12.8. The predicted molar refractivity (Wildman–Crippen MR) is 78.7 cm³/mol. The molecule has 0 aromatic carbocycles. The molecule has 5 aliphatic carbocycles. The van der Waals surface area contributed by atoms with E-state index in [1.165, 1.54) is 12.8 Å². The minimum Gasteiger partial charge on any atom is -0.0622 e. The van der Waals surface area contributed by atoms with Crippen molar-refractivity contribution in [3.63, 3.8) is 0 Å². The molecule has 0 amide bonds. The van der Waals surface area contributed by atoms with Crippen LogP contribution in [0.3, 0.4) is 0 Å². The first-order valence-electron chi connectivity index (χ1n) is 9.16. The average Bonchev–Trinajstić information content (AvgIpc) is 3.06. The second kappa shape index (κ2) is 3.42. The van der Waals surface area contributed by atoms with Crippen LogP contribution in [0.4, 0.5) is 0 Å². The summed E-state index contributed by atoms with van der Waals surface area (Å²) >= 11 is 0. The van der Waals surface area contributed by atoms with Crippen LogP contribution < -0.4 is 0 Å². The van der Waals surface area contributed by atoms with Gasteiger partial charge < -0.3 is 0 Å². The summed E-state index contributed by atoms with van der Waals surface area (Å²) in [5.41, 5.74) is 1.72. The van der Waals surface area contributed by atoms with Crippen molar-refractivity contribution in [2.75, 3.05) is 0 Å². The van der Waals surface area contributed by atoms with Crippen molar-refractivity contribution in [2.24, 2.45) is 46.3 Å². The van der Waals surface area contributed by atoms with Crippen LogP contribution in [0.25, 0.3) is 0 Å². The van der Waals surface area contributed by atoms with Gasteiger partial charge in [0.1, 0.15) is 0 Å². The van der Waals surface area contributed by atoms with E-state index in [2.05, 4.69) is 13.8 Å². The number of hydrogen-bond donors (Lipinski definition) is 0. The first kappa shape index (κ1) is 11.6. The van der Waals surface area contributed by atoms with Crippen LogP contribution in [-0.2, 0) is 0 Å². The summed E-state index contributed by atoms with van der Waals surface area (Å²) in [6.07, 6.45) is 14.4. The highest BCUT2D eigenvalue weighted by Gasteiger charge is 2.70. The fourth-order valence-electron chi connectivity index (χ4n) is 8.18. The first-order valence-corrected chi connectivity index (χ1v) is 9.16. The van der Waals surface area contributed by atoms with Crippen LogP contribution in [0.2, 0.25) is 0 Å². The Morgan fingerprint density at radius 1 is 0.947 bits per heavy atom. The Labute approximate surface area is 118 Å². The topological polar surface area (TPSA) is 0 Å². The quantitative estimate of drug-likeness (QED) is 0.555. The van der Waals surface area contributed by atoms with E-state index in [0.29, 0.717) is 0 Å². The lowest BCUT2D eigenvalue weighted by molar-refractivity contribution is 0.0857. The second-order valence-corrected chi connectivity index (χ2v) is 9.30. The Hall–Kier alpha value is 0. The molecule has 0 heterocycles. The zero-order valence-corrected chi connectivity index (χ0v) is 12.8. The fourth-order valence-corrected chi connectivity index (χ4v) is 8.18. The molecule has 5 saturated carbocycles. The Kier molecular flexibility index (Phi) is 2.09. The van der Waals surface area contributed by atoms with Crippen molar-refractivity contribution < 1.29 is 0 Å². The van der Waals surface area contributed by atoms with Gasteiger partial charge in [0.15, 0.2) is 0 Å². The summed E-state index contributed by atoms with van der Waals surface area (Å²) in [5, 5.41) is 0. The van der Waals surface area contributed by atoms with Crippen LogP contribution in [-0.4, -0.2) is 0 Å². The lowest BCUT2D eigenvalue weighted by Crippen LogP contribution is -2.33. The molecule has 19 heavy (non-hydrogen) atoms. The van der Waals surface area contributed by atoms with Gasteiger partial charge in [-0.3, -0.25) is 0 Å². The molecule has 2 bridgehead atoms. The predicted octanol–water partition coefficient (Wildman–Crippen LogP) is 5.28. The van der Waals surface area contributed by atoms with Gasteiger partial charge in [0, 0.05) is 0 Å². The highest BCUT2D eigenvalue weighted by atomic mass is 14.7. The van der Waals surface area contributed by atoms with E-state index in [9.17, 15) is 0 Å². The van der Waals surface area contributed by atoms with Crippen LogP contribution in [0, 0.1) is 46.3 Å². The molecule has 7 atom stereocenters. The summed E-state index contributed by atoms with van der Waals surface area (Å²) < 4.78 is 0. The first-order chi connectivity index (χ1) is 9.16. The Morgan fingerprint density at radius 2 is 1.79 bits per heavy atom. The van der Waals surface area contributed by atoms with E-state index in [4.69, 9.17) is 0 Å². The smallest absolute Gasteiger partial charge is 0.0230 e. The molecule has 0 aliphatic heterocycles. The van der Waals surface area contributed by atoms with Crippen molar-refractivity contribution >= 4 is 0 Å². The average molecular weight is 258 g/mol. The van der Waals surface area contributed by atoms with Crippen molar-refractivity contribution in [2.45, 2.75) is 71.6 Å². The van der Waals surface area contributed by atoms with Gasteiger partial charge >= 0.3 is 0 Å². The van der Waals surface area contributed by atoms with Gasteiger partial charge in [-0.1, -0.05) is 26.7 Å². The van der Waals surface area contributed by atoms with E-state index < -0.39 is 0 Å². The molecule has 2 spiro atoms. The molecule has 0 nitrogen and oxygen atoms in total. The van der Waals surface area contributed by atoms with Crippen molar-refractivity contribution in [3.8, 4) is 0 Å². The zero-order valence-electron chi connectivity index (χ0n) is 12.8. The minimum absolute atomic E-state index is 0.827. The van der Waals surface area contributed by atoms with Crippen LogP contribution in [0.1, 0.15) is 71.6 Å². The van der Waals surface area contributed by atoms with Crippen molar-refractivity contribution in [3.05, 3.63) is 0 Å². The van der Waals surface area contributed by atoms with Gasteiger partial charge in [-0.2, -0.15) is 0 Å². The fraction of sp³-hybridized carbons (Fsp3) is 1.00.